The third kappa shape index (κ3) is 3.18. The van der Waals surface area contributed by atoms with E-state index < -0.39 is 11.4 Å². The molecule has 0 unspecified atom stereocenters. The number of hydrogen-bond donors (Lipinski definition) is 2. The highest BCUT2D eigenvalue weighted by molar-refractivity contribution is 5.80. The molecule has 2 aliphatic rings. The van der Waals surface area contributed by atoms with Crippen LogP contribution in [-0.2, 0) is 4.79 Å². The van der Waals surface area contributed by atoms with Crippen LogP contribution in [0.1, 0.15) is 26.7 Å². The Labute approximate surface area is 113 Å². The third-order valence-electron chi connectivity index (χ3n) is 4.22. The lowest BCUT2D eigenvalue weighted by molar-refractivity contribution is -0.143. The van der Waals surface area contributed by atoms with Crippen molar-refractivity contribution in [2.45, 2.75) is 32.7 Å². The molecule has 2 N–H and O–H groups in total. The third-order valence-corrected chi connectivity index (χ3v) is 4.22. The van der Waals surface area contributed by atoms with E-state index in [0.29, 0.717) is 32.0 Å². The summed E-state index contributed by atoms with van der Waals surface area (Å²) in [5.41, 5.74) is -0.685. The number of hydrogen-bond acceptors (Lipinski definition) is 3. The summed E-state index contributed by atoms with van der Waals surface area (Å²) in [7, 11) is 0. The standard InChI is InChI=1S/C13H23N3O3/c1-10(2)15-5-7-16(8-6-15)12(19)14-9-13(3-4-13)11(17)18/h10H,3-9H2,1-2H3,(H,14,19)(H,17,18). The van der Waals surface area contributed by atoms with Crippen molar-refractivity contribution in [3.8, 4) is 0 Å². The molecule has 1 aliphatic heterocycles. The molecule has 0 aromatic heterocycles. The minimum Gasteiger partial charge on any atom is -0.481 e. The van der Waals surface area contributed by atoms with Crippen LogP contribution >= 0.6 is 0 Å². The Balaban J connectivity index is 1.74. The molecule has 0 aromatic carbocycles. The van der Waals surface area contributed by atoms with Crippen molar-refractivity contribution in [3.05, 3.63) is 0 Å². The van der Waals surface area contributed by atoms with Crippen LogP contribution in [0.15, 0.2) is 0 Å². The minimum absolute atomic E-state index is 0.129. The van der Waals surface area contributed by atoms with E-state index in [0.717, 1.165) is 13.1 Å². The highest BCUT2D eigenvalue weighted by Crippen LogP contribution is 2.45. The molecule has 0 aromatic rings. The predicted molar refractivity (Wildman–Crippen MR) is 71.0 cm³/mol. The second-order valence-electron chi connectivity index (χ2n) is 5.86. The van der Waals surface area contributed by atoms with Gasteiger partial charge in [-0.25, -0.2) is 4.79 Å². The summed E-state index contributed by atoms with van der Waals surface area (Å²) >= 11 is 0. The fraction of sp³-hybridized carbons (Fsp3) is 0.846. The number of nitrogens with one attached hydrogen (secondary N) is 1. The molecule has 6 heteroatoms. The SMILES string of the molecule is CC(C)N1CCN(C(=O)NCC2(C(=O)O)CC2)CC1. The Morgan fingerprint density at radius 2 is 1.79 bits per heavy atom. The molecule has 1 heterocycles. The normalized spacial score (nSPS) is 22.4. The number of carboxylic acid groups (broad SMARTS) is 1. The van der Waals surface area contributed by atoms with Crippen molar-refractivity contribution in [3.63, 3.8) is 0 Å². The van der Waals surface area contributed by atoms with Crippen molar-refractivity contribution in [2.24, 2.45) is 5.41 Å². The highest BCUT2D eigenvalue weighted by Gasteiger charge is 2.50. The number of carbonyl (C=O) groups is 2. The predicted octanol–water partition coefficient (Wildman–Crippen LogP) is 0.587. The van der Waals surface area contributed by atoms with Crippen molar-refractivity contribution in [2.75, 3.05) is 32.7 Å². The number of rotatable bonds is 4. The molecular weight excluding hydrogens is 246 g/mol. The van der Waals surface area contributed by atoms with Gasteiger partial charge in [0, 0.05) is 38.8 Å². The van der Waals surface area contributed by atoms with Crippen LogP contribution in [-0.4, -0.2) is 65.7 Å². The van der Waals surface area contributed by atoms with E-state index in [-0.39, 0.29) is 12.6 Å². The molecule has 1 saturated heterocycles. The molecule has 6 nitrogen and oxygen atoms in total. The van der Waals surface area contributed by atoms with Crippen molar-refractivity contribution in [1.82, 2.24) is 15.1 Å². The van der Waals surface area contributed by atoms with Gasteiger partial charge >= 0.3 is 12.0 Å². The van der Waals surface area contributed by atoms with Crippen LogP contribution < -0.4 is 5.32 Å². The Bertz CT molecular complexity index is 358. The number of nitrogens with zero attached hydrogens (tertiary/aromatic N) is 2. The molecule has 0 spiro atoms. The van der Waals surface area contributed by atoms with E-state index in [9.17, 15) is 9.59 Å². The first-order valence-electron chi connectivity index (χ1n) is 6.95. The van der Waals surface area contributed by atoms with E-state index in [4.69, 9.17) is 5.11 Å². The number of carbonyl (C=O) groups excluding carboxylic acids is 1. The van der Waals surface area contributed by atoms with E-state index in [1.165, 1.54) is 0 Å². The molecule has 1 aliphatic carbocycles. The maximum atomic E-state index is 12.0. The molecule has 0 radical (unpaired) electrons. The lowest BCUT2D eigenvalue weighted by Gasteiger charge is -2.37. The van der Waals surface area contributed by atoms with Gasteiger partial charge < -0.3 is 15.3 Å². The molecule has 0 bridgehead atoms. The quantitative estimate of drug-likeness (QED) is 0.783. The highest BCUT2D eigenvalue weighted by atomic mass is 16.4. The Hall–Kier alpha value is -1.30. The fourth-order valence-electron chi connectivity index (χ4n) is 2.42. The summed E-state index contributed by atoms with van der Waals surface area (Å²) in [6, 6.07) is 0.378. The van der Waals surface area contributed by atoms with Crippen molar-refractivity contribution < 1.29 is 14.7 Å². The maximum Gasteiger partial charge on any atom is 0.317 e. The van der Waals surface area contributed by atoms with Gasteiger partial charge in [-0.15, -0.1) is 0 Å². The summed E-state index contributed by atoms with van der Waals surface area (Å²) < 4.78 is 0. The topological polar surface area (TPSA) is 72.9 Å². The van der Waals surface area contributed by atoms with Crippen molar-refractivity contribution >= 4 is 12.0 Å². The first-order valence-corrected chi connectivity index (χ1v) is 6.95. The van der Waals surface area contributed by atoms with E-state index in [2.05, 4.69) is 24.1 Å². The molecule has 2 amide bonds. The summed E-state index contributed by atoms with van der Waals surface area (Å²) in [6.07, 6.45) is 1.34. The van der Waals surface area contributed by atoms with Gasteiger partial charge in [-0.3, -0.25) is 9.69 Å². The van der Waals surface area contributed by atoms with Crippen LogP contribution in [0, 0.1) is 5.41 Å². The number of piperazine rings is 1. The van der Waals surface area contributed by atoms with Crippen molar-refractivity contribution in [1.29, 1.82) is 0 Å². The molecular formula is C13H23N3O3. The van der Waals surface area contributed by atoms with Crippen LogP contribution in [0.4, 0.5) is 4.79 Å². The van der Waals surface area contributed by atoms with Crippen LogP contribution in [0.3, 0.4) is 0 Å². The first-order chi connectivity index (χ1) is 8.94. The van der Waals surface area contributed by atoms with Gasteiger partial charge in [-0.2, -0.15) is 0 Å². The van der Waals surface area contributed by atoms with Gasteiger partial charge in [-0.1, -0.05) is 0 Å². The average molecular weight is 269 g/mol. The molecule has 19 heavy (non-hydrogen) atoms. The molecule has 2 fully saturated rings. The Morgan fingerprint density at radius 3 is 2.21 bits per heavy atom. The van der Waals surface area contributed by atoms with Crippen LogP contribution in [0.5, 0.6) is 0 Å². The van der Waals surface area contributed by atoms with E-state index >= 15 is 0 Å². The van der Waals surface area contributed by atoms with E-state index in [1.54, 1.807) is 4.90 Å². The number of aliphatic carboxylic acids is 1. The second-order valence-corrected chi connectivity index (χ2v) is 5.86. The lowest BCUT2D eigenvalue weighted by Crippen LogP contribution is -2.54. The Kier molecular flexibility index (Phi) is 3.99. The fourth-order valence-corrected chi connectivity index (χ4v) is 2.42. The van der Waals surface area contributed by atoms with Gasteiger partial charge in [0.15, 0.2) is 0 Å². The minimum atomic E-state index is -0.794. The zero-order valence-corrected chi connectivity index (χ0v) is 11.7. The average Bonchev–Trinajstić information content (AvgIpc) is 3.17. The number of amides is 2. The monoisotopic (exact) mass is 269 g/mol. The van der Waals surface area contributed by atoms with Gasteiger partial charge in [0.05, 0.1) is 5.41 Å². The molecule has 2 rings (SSSR count). The lowest BCUT2D eigenvalue weighted by atomic mass is 10.1. The molecule has 1 saturated carbocycles. The Morgan fingerprint density at radius 1 is 1.21 bits per heavy atom. The van der Waals surface area contributed by atoms with Gasteiger partial charge in [0.2, 0.25) is 0 Å². The summed E-state index contributed by atoms with van der Waals surface area (Å²) in [5, 5.41) is 11.8. The molecule has 0 atom stereocenters. The smallest absolute Gasteiger partial charge is 0.317 e. The van der Waals surface area contributed by atoms with E-state index in [1.807, 2.05) is 0 Å². The number of urea groups is 1. The van der Waals surface area contributed by atoms with Crippen LogP contribution in [0.25, 0.3) is 0 Å². The zero-order valence-electron chi connectivity index (χ0n) is 11.7. The van der Waals surface area contributed by atoms with Crippen LogP contribution in [0.2, 0.25) is 0 Å². The summed E-state index contributed by atoms with van der Waals surface area (Å²) in [4.78, 5) is 27.1. The number of carboxylic acids is 1. The summed E-state index contributed by atoms with van der Waals surface area (Å²) in [6.45, 7) is 7.75. The van der Waals surface area contributed by atoms with Gasteiger partial charge in [0.1, 0.15) is 0 Å². The molecule has 108 valence electrons. The zero-order chi connectivity index (χ0) is 14.0. The first kappa shape index (κ1) is 14.1. The summed E-state index contributed by atoms with van der Waals surface area (Å²) in [5.74, 6) is -0.794. The largest absolute Gasteiger partial charge is 0.481 e. The van der Waals surface area contributed by atoms with Gasteiger partial charge in [0.25, 0.3) is 0 Å². The second kappa shape index (κ2) is 5.36. The van der Waals surface area contributed by atoms with Gasteiger partial charge in [-0.05, 0) is 26.7 Å². The maximum absolute atomic E-state index is 12.0.